The highest BCUT2D eigenvalue weighted by molar-refractivity contribution is 5.79. The summed E-state index contributed by atoms with van der Waals surface area (Å²) in [5.41, 5.74) is 5.35. The number of hydrogen-bond donors (Lipinski definition) is 2. The van der Waals surface area contributed by atoms with Gasteiger partial charge in [-0.15, -0.1) is 0 Å². The molecule has 1 rings (SSSR count). The SMILES string of the molecule is CCC(N[C@H](C)C1CCCCCC1)C(N)=O. The molecular formula is C13H26N2O. The molecule has 2 atom stereocenters. The molecule has 0 spiro atoms. The van der Waals surface area contributed by atoms with E-state index in [-0.39, 0.29) is 11.9 Å². The molecule has 0 aliphatic heterocycles. The summed E-state index contributed by atoms with van der Waals surface area (Å²) >= 11 is 0. The van der Waals surface area contributed by atoms with Crippen LogP contribution in [0.1, 0.15) is 58.8 Å². The lowest BCUT2D eigenvalue weighted by atomic mass is 9.92. The fourth-order valence-electron chi connectivity index (χ4n) is 2.67. The Morgan fingerprint density at radius 3 is 2.31 bits per heavy atom. The van der Waals surface area contributed by atoms with Crippen LogP contribution in [0.4, 0.5) is 0 Å². The minimum Gasteiger partial charge on any atom is -0.368 e. The standard InChI is InChI=1S/C13H26N2O/c1-3-12(13(14)16)15-10(2)11-8-6-4-5-7-9-11/h10-12,15H,3-9H2,1-2H3,(H2,14,16)/t10-,12?/m1/s1. The van der Waals surface area contributed by atoms with E-state index in [2.05, 4.69) is 12.2 Å². The monoisotopic (exact) mass is 226 g/mol. The zero-order valence-corrected chi connectivity index (χ0v) is 10.7. The van der Waals surface area contributed by atoms with E-state index in [1.54, 1.807) is 0 Å². The Bertz CT molecular complexity index is 210. The van der Waals surface area contributed by atoms with Crippen LogP contribution in [0.3, 0.4) is 0 Å². The second-order valence-corrected chi connectivity index (χ2v) is 5.07. The van der Waals surface area contributed by atoms with Crippen LogP contribution in [0.25, 0.3) is 0 Å². The lowest BCUT2D eigenvalue weighted by Crippen LogP contribution is -2.47. The molecule has 1 saturated carbocycles. The maximum absolute atomic E-state index is 11.2. The summed E-state index contributed by atoms with van der Waals surface area (Å²) in [7, 11) is 0. The van der Waals surface area contributed by atoms with Gasteiger partial charge in [-0.3, -0.25) is 4.79 Å². The third kappa shape index (κ3) is 4.12. The van der Waals surface area contributed by atoms with Crippen molar-refractivity contribution in [1.82, 2.24) is 5.32 Å². The molecule has 1 aliphatic carbocycles. The average molecular weight is 226 g/mol. The maximum Gasteiger partial charge on any atom is 0.234 e. The van der Waals surface area contributed by atoms with Crippen LogP contribution in [-0.4, -0.2) is 18.0 Å². The Morgan fingerprint density at radius 1 is 1.31 bits per heavy atom. The Morgan fingerprint density at radius 2 is 1.88 bits per heavy atom. The van der Waals surface area contributed by atoms with Crippen molar-refractivity contribution in [3.05, 3.63) is 0 Å². The van der Waals surface area contributed by atoms with Crippen LogP contribution in [0.5, 0.6) is 0 Å². The first kappa shape index (κ1) is 13.5. The van der Waals surface area contributed by atoms with E-state index in [4.69, 9.17) is 5.73 Å². The van der Waals surface area contributed by atoms with Crippen LogP contribution in [0.2, 0.25) is 0 Å². The number of carbonyl (C=O) groups excluding carboxylic acids is 1. The molecule has 1 fully saturated rings. The lowest BCUT2D eigenvalue weighted by Gasteiger charge is -2.27. The molecule has 16 heavy (non-hydrogen) atoms. The van der Waals surface area contributed by atoms with E-state index < -0.39 is 0 Å². The Kier molecular flexibility index (Phi) is 5.81. The fraction of sp³-hybridized carbons (Fsp3) is 0.923. The zero-order chi connectivity index (χ0) is 12.0. The minimum atomic E-state index is -0.219. The van der Waals surface area contributed by atoms with Gasteiger partial charge in [0, 0.05) is 6.04 Å². The third-order valence-electron chi connectivity index (χ3n) is 3.82. The van der Waals surface area contributed by atoms with E-state index >= 15 is 0 Å². The highest BCUT2D eigenvalue weighted by Gasteiger charge is 2.22. The summed E-state index contributed by atoms with van der Waals surface area (Å²) < 4.78 is 0. The maximum atomic E-state index is 11.2. The van der Waals surface area contributed by atoms with Gasteiger partial charge in [0.05, 0.1) is 6.04 Å². The molecule has 94 valence electrons. The van der Waals surface area contributed by atoms with E-state index in [0.29, 0.717) is 6.04 Å². The van der Waals surface area contributed by atoms with E-state index in [1.165, 1.54) is 38.5 Å². The molecule has 0 aromatic carbocycles. The summed E-state index contributed by atoms with van der Waals surface area (Å²) in [6.45, 7) is 4.20. The van der Waals surface area contributed by atoms with Gasteiger partial charge in [0.15, 0.2) is 0 Å². The van der Waals surface area contributed by atoms with Gasteiger partial charge < -0.3 is 11.1 Å². The third-order valence-corrected chi connectivity index (χ3v) is 3.82. The van der Waals surface area contributed by atoms with Gasteiger partial charge in [-0.1, -0.05) is 32.6 Å². The number of nitrogens with two attached hydrogens (primary N) is 1. The second kappa shape index (κ2) is 6.89. The molecule has 3 heteroatoms. The molecule has 0 heterocycles. The van der Waals surface area contributed by atoms with Crippen LogP contribution < -0.4 is 11.1 Å². The van der Waals surface area contributed by atoms with Gasteiger partial charge in [0.25, 0.3) is 0 Å². The molecule has 1 unspecified atom stereocenters. The number of primary amides is 1. The van der Waals surface area contributed by atoms with Crippen molar-refractivity contribution >= 4 is 5.91 Å². The van der Waals surface area contributed by atoms with Crippen molar-refractivity contribution in [1.29, 1.82) is 0 Å². The zero-order valence-electron chi connectivity index (χ0n) is 10.7. The van der Waals surface area contributed by atoms with E-state index in [9.17, 15) is 4.79 Å². The van der Waals surface area contributed by atoms with Crippen molar-refractivity contribution < 1.29 is 4.79 Å². The first-order valence-electron chi connectivity index (χ1n) is 6.70. The Hall–Kier alpha value is -0.570. The first-order valence-corrected chi connectivity index (χ1v) is 6.70. The van der Waals surface area contributed by atoms with E-state index in [1.807, 2.05) is 6.92 Å². The average Bonchev–Trinajstić information content (AvgIpc) is 2.53. The fourth-order valence-corrected chi connectivity index (χ4v) is 2.67. The molecule has 0 aromatic heterocycles. The van der Waals surface area contributed by atoms with Gasteiger partial charge in [0.1, 0.15) is 0 Å². The number of rotatable bonds is 5. The van der Waals surface area contributed by atoms with Gasteiger partial charge in [-0.25, -0.2) is 0 Å². The highest BCUT2D eigenvalue weighted by atomic mass is 16.1. The molecule has 3 N–H and O–H groups in total. The van der Waals surface area contributed by atoms with Crippen molar-refractivity contribution in [2.45, 2.75) is 70.9 Å². The molecule has 1 aliphatic rings. The topological polar surface area (TPSA) is 55.1 Å². The van der Waals surface area contributed by atoms with Crippen LogP contribution >= 0.6 is 0 Å². The van der Waals surface area contributed by atoms with Crippen LogP contribution in [-0.2, 0) is 4.79 Å². The smallest absolute Gasteiger partial charge is 0.234 e. The Balaban J connectivity index is 2.42. The molecule has 0 bridgehead atoms. The summed E-state index contributed by atoms with van der Waals surface area (Å²) in [6.07, 6.45) is 8.79. The number of amides is 1. The summed E-state index contributed by atoms with van der Waals surface area (Å²) in [5, 5.41) is 3.39. The quantitative estimate of drug-likeness (QED) is 0.706. The molecule has 3 nitrogen and oxygen atoms in total. The number of hydrogen-bond acceptors (Lipinski definition) is 2. The molecule has 0 saturated heterocycles. The second-order valence-electron chi connectivity index (χ2n) is 5.07. The van der Waals surface area contributed by atoms with Crippen molar-refractivity contribution in [3.63, 3.8) is 0 Å². The van der Waals surface area contributed by atoms with Gasteiger partial charge in [-0.2, -0.15) is 0 Å². The molecular weight excluding hydrogens is 200 g/mol. The predicted octanol–water partition coefficient (Wildman–Crippen LogP) is 2.20. The summed E-state index contributed by atoms with van der Waals surface area (Å²) in [5.74, 6) is 0.499. The summed E-state index contributed by atoms with van der Waals surface area (Å²) in [6, 6.07) is 0.258. The Labute approximate surface area is 99.2 Å². The predicted molar refractivity (Wildman–Crippen MR) is 67.1 cm³/mol. The van der Waals surface area contributed by atoms with Crippen LogP contribution in [0.15, 0.2) is 0 Å². The van der Waals surface area contributed by atoms with Gasteiger partial charge in [0.2, 0.25) is 5.91 Å². The number of carbonyl (C=O) groups is 1. The van der Waals surface area contributed by atoms with E-state index in [0.717, 1.165) is 12.3 Å². The normalized spacial score (nSPS) is 22.4. The van der Waals surface area contributed by atoms with Crippen LogP contribution in [0, 0.1) is 5.92 Å². The molecule has 0 aromatic rings. The van der Waals surface area contributed by atoms with Gasteiger partial charge >= 0.3 is 0 Å². The lowest BCUT2D eigenvalue weighted by molar-refractivity contribution is -0.120. The van der Waals surface area contributed by atoms with Crippen molar-refractivity contribution in [2.24, 2.45) is 11.7 Å². The minimum absolute atomic E-state index is 0.154. The number of nitrogens with one attached hydrogen (secondary N) is 1. The van der Waals surface area contributed by atoms with Gasteiger partial charge in [-0.05, 0) is 32.1 Å². The first-order chi connectivity index (χ1) is 7.65. The largest absolute Gasteiger partial charge is 0.368 e. The van der Waals surface area contributed by atoms with Crippen molar-refractivity contribution in [2.75, 3.05) is 0 Å². The molecule has 1 amide bonds. The van der Waals surface area contributed by atoms with Crippen molar-refractivity contribution in [3.8, 4) is 0 Å². The summed E-state index contributed by atoms with van der Waals surface area (Å²) in [4.78, 5) is 11.2. The highest BCUT2D eigenvalue weighted by Crippen LogP contribution is 2.25. The molecule has 0 radical (unpaired) electrons.